The second kappa shape index (κ2) is 6.11. The number of urea groups is 1. The summed E-state index contributed by atoms with van der Waals surface area (Å²) in [5.41, 5.74) is 6.47. The van der Waals surface area contributed by atoms with E-state index in [0.29, 0.717) is 19.6 Å². The van der Waals surface area contributed by atoms with Crippen molar-refractivity contribution in [3.05, 3.63) is 28.3 Å². The van der Waals surface area contributed by atoms with Crippen LogP contribution in [0.4, 0.5) is 10.5 Å². The molecule has 0 aromatic heterocycles. The molecule has 4 rings (SSSR count). The fraction of sp³-hybridized carbons (Fsp3) is 0.579. The van der Waals surface area contributed by atoms with Crippen molar-refractivity contribution in [1.82, 2.24) is 4.90 Å². The molecule has 1 saturated heterocycles. The molecule has 2 aliphatic carbocycles. The highest BCUT2D eigenvalue weighted by Crippen LogP contribution is 2.39. The molecular formula is C19H24N2O3. The van der Waals surface area contributed by atoms with Crippen LogP contribution in [-0.4, -0.2) is 36.1 Å². The maximum atomic E-state index is 12.7. The molecule has 1 unspecified atom stereocenters. The van der Waals surface area contributed by atoms with Crippen LogP contribution in [0.3, 0.4) is 0 Å². The van der Waals surface area contributed by atoms with Crippen molar-refractivity contribution < 1.29 is 14.3 Å². The Morgan fingerprint density at radius 3 is 2.38 bits per heavy atom. The van der Waals surface area contributed by atoms with Gasteiger partial charge in [-0.25, -0.2) is 9.59 Å². The van der Waals surface area contributed by atoms with Gasteiger partial charge in [-0.3, -0.25) is 0 Å². The Hall–Kier alpha value is -2.04. The summed E-state index contributed by atoms with van der Waals surface area (Å²) in [5, 5.41) is 3.15. The predicted octanol–water partition coefficient (Wildman–Crippen LogP) is 2.83. The first-order chi connectivity index (χ1) is 11.7. The van der Waals surface area contributed by atoms with Crippen molar-refractivity contribution in [3.63, 3.8) is 0 Å². The molecule has 1 heterocycles. The monoisotopic (exact) mass is 328 g/mol. The van der Waals surface area contributed by atoms with Gasteiger partial charge >= 0.3 is 12.0 Å². The van der Waals surface area contributed by atoms with Gasteiger partial charge < -0.3 is 15.0 Å². The molecule has 1 aromatic rings. The first-order valence-corrected chi connectivity index (χ1v) is 9.09. The topological polar surface area (TPSA) is 58.6 Å². The van der Waals surface area contributed by atoms with Crippen LogP contribution in [0.1, 0.15) is 48.4 Å². The maximum Gasteiger partial charge on any atom is 0.328 e. The van der Waals surface area contributed by atoms with Crippen LogP contribution in [0.15, 0.2) is 6.07 Å². The lowest BCUT2D eigenvalue weighted by Gasteiger charge is -2.39. The minimum atomic E-state index is -0.422. The van der Waals surface area contributed by atoms with Crippen molar-refractivity contribution in [2.24, 2.45) is 0 Å². The number of hydrogen-bond donors (Lipinski definition) is 1. The lowest BCUT2D eigenvalue weighted by molar-refractivity contribution is -0.152. The zero-order valence-corrected chi connectivity index (χ0v) is 14.2. The van der Waals surface area contributed by atoms with E-state index < -0.39 is 6.04 Å². The number of nitrogens with zero attached hydrogens (tertiary/aromatic N) is 1. The normalized spacial score (nSPS) is 21.0. The van der Waals surface area contributed by atoms with E-state index in [1.807, 2.05) is 0 Å². The summed E-state index contributed by atoms with van der Waals surface area (Å²) in [6.45, 7) is 2.76. The van der Waals surface area contributed by atoms with Gasteiger partial charge in [-0.05, 0) is 74.1 Å². The average Bonchev–Trinajstić information content (AvgIpc) is 3.14. The molecular weight excluding hydrogens is 304 g/mol. The number of likely N-dealkylation sites (tertiary alicyclic amines) is 1. The lowest BCUT2D eigenvalue weighted by atomic mass is 9.98. The Kier molecular flexibility index (Phi) is 3.94. The molecule has 128 valence electrons. The van der Waals surface area contributed by atoms with E-state index in [4.69, 9.17) is 4.74 Å². The predicted molar refractivity (Wildman–Crippen MR) is 91.3 cm³/mol. The summed E-state index contributed by atoms with van der Waals surface area (Å²) in [6.07, 6.45) is 7.32. The summed E-state index contributed by atoms with van der Waals surface area (Å²) < 4.78 is 5.06. The number of amides is 2. The van der Waals surface area contributed by atoms with Crippen LogP contribution >= 0.6 is 0 Å². The number of benzene rings is 1. The first-order valence-electron chi connectivity index (χ1n) is 9.09. The van der Waals surface area contributed by atoms with E-state index in [9.17, 15) is 9.59 Å². The number of ether oxygens (including phenoxy) is 1. The Morgan fingerprint density at radius 1 is 1.17 bits per heavy atom. The highest BCUT2D eigenvalue weighted by Gasteiger charge is 2.39. The van der Waals surface area contributed by atoms with Gasteiger partial charge in [-0.1, -0.05) is 6.07 Å². The van der Waals surface area contributed by atoms with Gasteiger partial charge in [0.05, 0.1) is 6.61 Å². The third-order valence-corrected chi connectivity index (χ3v) is 5.54. The lowest BCUT2D eigenvalue weighted by Crippen LogP contribution is -2.57. The zero-order chi connectivity index (χ0) is 16.7. The van der Waals surface area contributed by atoms with Gasteiger partial charge in [-0.2, -0.15) is 0 Å². The van der Waals surface area contributed by atoms with Gasteiger partial charge in [-0.15, -0.1) is 0 Å². The summed E-state index contributed by atoms with van der Waals surface area (Å²) in [5.74, 6) is -0.289. The van der Waals surface area contributed by atoms with Gasteiger partial charge in [0.15, 0.2) is 0 Å². The molecule has 1 N–H and O–H groups in total. The van der Waals surface area contributed by atoms with Crippen molar-refractivity contribution in [2.75, 3.05) is 18.5 Å². The number of aryl methyl sites for hydroxylation is 2. The fourth-order valence-corrected chi connectivity index (χ4v) is 4.26. The molecule has 5 nitrogen and oxygen atoms in total. The largest absolute Gasteiger partial charge is 0.464 e. The number of anilines is 1. The van der Waals surface area contributed by atoms with Gasteiger partial charge in [0.2, 0.25) is 0 Å². The van der Waals surface area contributed by atoms with Crippen LogP contribution in [0.5, 0.6) is 0 Å². The van der Waals surface area contributed by atoms with E-state index in [-0.39, 0.29) is 12.0 Å². The van der Waals surface area contributed by atoms with E-state index in [2.05, 4.69) is 11.4 Å². The van der Waals surface area contributed by atoms with Crippen molar-refractivity contribution in [2.45, 2.75) is 57.9 Å². The standard InChI is InChI=1S/C19H24N2O3/c1-2-24-18(22)16-9-10-21(16)19(23)20-17-14-7-3-5-12(14)11-13-6-4-8-15(13)17/h11,16H,2-10H2,1H3,(H,20,23). The van der Waals surface area contributed by atoms with Crippen molar-refractivity contribution >= 4 is 17.7 Å². The highest BCUT2D eigenvalue weighted by molar-refractivity contribution is 5.95. The quantitative estimate of drug-likeness (QED) is 0.868. The zero-order valence-electron chi connectivity index (χ0n) is 14.2. The third-order valence-electron chi connectivity index (χ3n) is 5.54. The van der Waals surface area contributed by atoms with Crippen LogP contribution in [0.25, 0.3) is 0 Å². The van der Waals surface area contributed by atoms with Gasteiger partial charge in [0.1, 0.15) is 6.04 Å². The Bertz CT molecular complexity index is 666. The molecule has 3 aliphatic rings. The van der Waals surface area contributed by atoms with E-state index in [1.54, 1.807) is 11.8 Å². The Morgan fingerprint density at radius 2 is 1.83 bits per heavy atom. The Labute approximate surface area is 142 Å². The number of carbonyl (C=O) groups is 2. The Balaban J connectivity index is 1.56. The molecule has 0 saturated carbocycles. The molecule has 24 heavy (non-hydrogen) atoms. The van der Waals surface area contributed by atoms with E-state index >= 15 is 0 Å². The van der Waals surface area contributed by atoms with E-state index in [0.717, 1.165) is 44.2 Å². The summed E-state index contributed by atoms with van der Waals surface area (Å²) in [6, 6.07) is 1.77. The molecule has 5 heteroatoms. The highest BCUT2D eigenvalue weighted by atomic mass is 16.5. The van der Waals surface area contributed by atoms with Crippen LogP contribution in [0, 0.1) is 0 Å². The molecule has 1 atom stereocenters. The number of hydrogen-bond acceptors (Lipinski definition) is 3. The molecule has 1 aromatic carbocycles. The minimum absolute atomic E-state index is 0.159. The maximum absolute atomic E-state index is 12.7. The van der Waals surface area contributed by atoms with Crippen LogP contribution in [0.2, 0.25) is 0 Å². The first kappa shape index (κ1) is 15.5. The number of nitrogens with one attached hydrogen (secondary N) is 1. The van der Waals surface area contributed by atoms with Gasteiger partial charge in [0.25, 0.3) is 0 Å². The molecule has 0 bridgehead atoms. The summed E-state index contributed by atoms with van der Waals surface area (Å²) in [4.78, 5) is 26.2. The van der Waals surface area contributed by atoms with Crippen molar-refractivity contribution in [1.29, 1.82) is 0 Å². The molecule has 0 spiro atoms. The smallest absolute Gasteiger partial charge is 0.328 e. The molecule has 2 amide bonds. The molecule has 1 aliphatic heterocycles. The average molecular weight is 328 g/mol. The molecule has 1 fully saturated rings. The third kappa shape index (κ3) is 2.46. The number of esters is 1. The van der Waals surface area contributed by atoms with E-state index in [1.165, 1.54) is 22.3 Å². The molecule has 0 radical (unpaired) electrons. The minimum Gasteiger partial charge on any atom is -0.464 e. The van der Waals surface area contributed by atoms with Crippen LogP contribution in [-0.2, 0) is 35.2 Å². The number of carbonyl (C=O) groups excluding carboxylic acids is 2. The number of fused-ring (bicyclic) bond motifs is 2. The second-order valence-corrected chi connectivity index (χ2v) is 6.91. The second-order valence-electron chi connectivity index (χ2n) is 6.91. The fourth-order valence-electron chi connectivity index (χ4n) is 4.26. The SMILES string of the molecule is CCOC(=O)C1CCN1C(=O)Nc1c2c(cc3c1CCC3)CCC2. The van der Waals surface area contributed by atoms with Crippen LogP contribution < -0.4 is 5.32 Å². The summed E-state index contributed by atoms with van der Waals surface area (Å²) >= 11 is 0. The van der Waals surface area contributed by atoms with Crippen molar-refractivity contribution in [3.8, 4) is 0 Å². The van der Waals surface area contributed by atoms with Gasteiger partial charge in [0, 0.05) is 12.2 Å². The summed E-state index contributed by atoms with van der Waals surface area (Å²) in [7, 11) is 0. The number of rotatable bonds is 3.